The Morgan fingerprint density at radius 2 is 2.17 bits per heavy atom. The van der Waals surface area contributed by atoms with E-state index >= 15 is 0 Å². The van der Waals surface area contributed by atoms with Gasteiger partial charge in [-0.25, -0.2) is 0 Å². The molecule has 1 fully saturated rings. The average Bonchev–Trinajstić information content (AvgIpc) is 3.03. The van der Waals surface area contributed by atoms with Gasteiger partial charge < -0.3 is 19.5 Å². The van der Waals surface area contributed by atoms with Crippen LogP contribution in [-0.2, 0) is 24.7 Å². The molecule has 0 aliphatic carbocycles. The predicted molar refractivity (Wildman–Crippen MR) is 87.5 cm³/mol. The molecule has 2 aliphatic rings. The van der Waals surface area contributed by atoms with Gasteiger partial charge in [0.15, 0.2) is 6.23 Å². The van der Waals surface area contributed by atoms with Gasteiger partial charge in [-0.05, 0) is 26.8 Å². The highest BCUT2D eigenvalue weighted by Gasteiger charge is 2.56. The lowest BCUT2D eigenvalue weighted by Crippen LogP contribution is -2.51. The van der Waals surface area contributed by atoms with Crippen molar-refractivity contribution in [1.29, 1.82) is 0 Å². The fourth-order valence-corrected chi connectivity index (χ4v) is 3.54. The van der Waals surface area contributed by atoms with Gasteiger partial charge in [0, 0.05) is 24.2 Å². The largest absolute Gasteiger partial charge is 0.465 e. The summed E-state index contributed by atoms with van der Waals surface area (Å²) in [6.07, 6.45) is -0.107. The normalized spacial score (nSPS) is 27.3. The molecule has 2 aliphatic heterocycles. The summed E-state index contributed by atoms with van der Waals surface area (Å²) in [5, 5.41) is 11.1. The lowest BCUT2D eigenvalue weighted by molar-refractivity contribution is -0.158. The van der Waals surface area contributed by atoms with Gasteiger partial charge in [0.2, 0.25) is 0 Å². The van der Waals surface area contributed by atoms with Crippen LogP contribution in [-0.4, -0.2) is 42.8 Å². The summed E-state index contributed by atoms with van der Waals surface area (Å²) >= 11 is 0. The van der Waals surface area contributed by atoms with E-state index in [0.717, 1.165) is 11.3 Å². The third-order valence-corrected chi connectivity index (χ3v) is 5.12. The molecule has 1 aromatic carbocycles. The molecule has 1 N–H and O–H groups in total. The van der Waals surface area contributed by atoms with E-state index in [-0.39, 0.29) is 18.9 Å². The van der Waals surface area contributed by atoms with Gasteiger partial charge in [-0.2, -0.15) is 0 Å². The quantitative estimate of drug-likeness (QED) is 0.651. The zero-order valence-electron chi connectivity index (χ0n) is 14.2. The molecule has 1 saturated heterocycles. The van der Waals surface area contributed by atoms with Crippen molar-refractivity contribution in [3.63, 3.8) is 0 Å². The minimum atomic E-state index is -1.32. The fraction of sp³-hybridized carbons (Fsp3) is 0.556. The summed E-state index contributed by atoms with van der Waals surface area (Å²) in [6, 6.07) is 7.48. The minimum Gasteiger partial charge on any atom is -0.465 e. The van der Waals surface area contributed by atoms with Crippen LogP contribution in [0, 0.1) is 5.41 Å². The molecule has 1 aromatic rings. The van der Waals surface area contributed by atoms with Crippen LogP contribution < -0.4 is 4.90 Å². The molecule has 0 spiro atoms. The zero-order valence-corrected chi connectivity index (χ0v) is 14.2. The summed E-state index contributed by atoms with van der Waals surface area (Å²) in [5.41, 5.74) is -0.854. The lowest BCUT2D eigenvalue weighted by Gasteiger charge is -2.35. The standard InChI is InChI=1S/C18H23NO5/c1-4-23-16(21)17(3,12(2)20)11-19-14-8-6-5-7-13(14)18(22)9-10-24-15(18)19/h5-8,15,22H,4,9-11H2,1-3H3/t15-,17?,18+/m0/s1. The van der Waals surface area contributed by atoms with Crippen molar-refractivity contribution in [2.75, 3.05) is 24.7 Å². The third-order valence-electron chi connectivity index (χ3n) is 5.12. The first kappa shape index (κ1) is 16.9. The maximum absolute atomic E-state index is 12.4. The Balaban J connectivity index is 1.99. The minimum absolute atomic E-state index is 0.102. The first-order valence-corrected chi connectivity index (χ1v) is 8.23. The maximum Gasteiger partial charge on any atom is 0.321 e. The first-order valence-electron chi connectivity index (χ1n) is 8.23. The van der Waals surface area contributed by atoms with E-state index in [1.807, 2.05) is 29.2 Å². The number of rotatable bonds is 5. The van der Waals surface area contributed by atoms with Crippen molar-refractivity contribution in [2.45, 2.75) is 39.0 Å². The number of carbonyl (C=O) groups excluding carboxylic acids is 2. The predicted octanol–water partition coefficient (Wildman–Crippen LogP) is 1.60. The Kier molecular flexibility index (Phi) is 4.13. The topological polar surface area (TPSA) is 76.1 Å². The molecule has 0 bridgehead atoms. The molecule has 6 nitrogen and oxygen atoms in total. The number of hydrogen-bond donors (Lipinski definition) is 1. The highest BCUT2D eigenvalue weighted by atomic mass is 16.5. The number of fused-ring (bicyclic) bond motifs is 3. The Bertz CT molecular complexity index is 675. The maximum atomic E-state index is 12.4. The van der Waals surface area contributed by atoms with Crippen LogP contribution in [0.15, 0.2) is 24.3 Å². The van der Waals surface area contributed by atoms with Gasteiger partial charge in [-0.15, -0.1) is 0 Å². The van der Waals surface area contributed by atoms with Crippen LogP contribution in [0.1, 0.15) is 32.8 Å². The van der Waals surface area contributed by atoms with Crippen molar-refractivity contribution in [3.8, 4) is 0 Å². The first-order chi connectivity index (χ1) is 11.3. The molecule has 0 saturated carbocycles. The van der Waals surface area contributed by atoms with E-state index in [4.69, 9.17) is 9.47 Å². The van der Waals surface area contributed by atoms with Crippen LogP contribution in [0.4, 0.5) is 5.69 Å². The van der Waals surface area contributed by atoms with E-state index in [2.05, 4.69) is 0 Å². The molecule has 0 radical (unpaired) electrons. The highest BCUT2D eigenvalue weighted by molar-refractivity contribution is 6.03. The highest BCUT2D eigenvalue weighted by Crippen LogP contribution is 2.50. The van der Waals surface area contributed by atoms with Gasteiger partial charge in [0.1, 0.15) is 16.8 Å². The molecule has 24 heavy (non-hydrogen) atoms. The monoisotopic (exact) mass is 333 g/mol. The van der Waals surface area contributed by atoms with Gasteiger partial charge in [0.05, 0.1) is 13.2 Å². The second-order valence-electron chi connectivity index (χ2n) is 6.65. The Hall–Kier alpha value is -1.92. The summed E-state index contributed by atoms with van der Waals surface area (Å²) in [4.78, 5) is 26.4. The molecule has 6 heteroatoms. The van der Waals surface area contributed by atoms with Crippen molar-refractivity contribution in [2.24, 2.45) is 5.41 Å². The summed E-state index contributed by atoms with van der Waals surface area (Å²) < 4.78 is 10.9. The molecule has 3 rings (SSSR count). The van der Waals surface area contributed by atoms with Gasteiger partial charge in [0.25, 0.3) is 0 Å². The number of aliphatic hydroxyl groups is 1. The Morgan fingerprint density at radius 1 is 1.46 bits per heavy atom. The lowest BCUT2D eigenvalue weighted by atomic mass is 9.85. The second kappa shape index (κ2) is 5.86. The van der Waals surface area contributed by atoms with Crippen LogP contribution in [0.3, 0.4) is 0 Å². The number of benzene rings is 1. The van der Waals surface area contributed by atoms with Crippen LogP contribution in [0.2, 0.25) is 0 Å². The fourth-order valence-electron chi connectivity index (χ4n) is 3.54. The molecule has 130 valence electrons. The molecular weight excluding hydrogens is 310 g/mol. The molecule has 3 atom stereocenters. The number of hydrogen-bond acceptors (Lipinski definition) is 6. The number of ketones is 1. The van der Waals surface area contributed by atoms with Crippen molar-refractivity contribution in [1.82, 2.24) is 0 Å². The number of ether oxygens (including phenoxy) is 2. The van der Waals surface area contributed by atoms with Gasteiger partial charge >= 0.3 is 5.97 Å². The van der Waals surface area contributed by atoms with Crippen LogP contribution in [0.25, 0.3) is 0 Å². The SMILES string of the molecule is CCOC(=O)C(C)(CN1c2ccccc2[C@]2(O)CCO[C@H]12)C(C)=O. The smallest absolute Gasteiger partial charge is 0.321 e. The number of esters is 1. The van der Waals surface area contributed by atoms with E-state index in [1.165, 1.54) is 6.92 Å². The average molecular weight is 333 g/mol. The van der Waals surface area contributed by atoms with E-state index in [1.54, 1.807) is 13.8 Å². The number of nitrogens with zero attached hydrogens (tertiary/aromatic N) is 1. The van der Waals surface area contributed by atoms with Crippen LogP contribution >= 0.6 is 0 Å². The van der Waals surface area contributed by atoms with Crippen LogP contribution in [0.5, 0.6) is 0 Å². The Labute approximate surface area is 141 Å². The van der Waals surface area contributed by atoms with Crippen molar-refractivity contribution in [3.05, 3.63) is 29.8 Å². The number of para-hydroxylation sites is 1. The van der Waals surface area contributed by atoms with Gasteiger partial charge in [-0.3, -0.25) is 9.59 Å². The molecule has 0 aromatic heterocycles. The van der Waals surface area contributed by atoms with E-state index < -0.39 is 23.2 Å². The van der Waals surface area contributed by atoms with E-state index in [9.17, 15) is 14.7 Å². The van der Waals surface area contributed by atoms with Crippen molar-refractivity contribution < 1.29 is 24.2 Å². The molecule has 0 amide bonds. The number of anilines is 1. The molecular formula is C18H23NO5. The summed E-state index contributed by atoms with van der Waals surface area (Å²) in [5.74, 6) is -0.824. The van der Waals surface area contributed by atoms with E-state index in [0.29, 0.717) is 13.0 Å². The zero-order chi connectivity index (χ0) is 17.5. The van der Waals surface area contributed by atoms with Crippen molar-refractivity contribution >= 4 is 17.4 Å². The third kappa shape index (κ3) is 2.32. The second-order valence-corrected chi connectivity index (χ2v) is 6.65. The Morgan fingerprint density at radius 3 is 2.83 bits per heavy atom. The molecule has 1 unspecified atom stereocenters. The van der Waals surface area contributed by atoms with Gasteiger partial charge in [-0.1, -0.05) is 18.2 Å². The molecule has 2 heterocycles. The number of Topliss-reactive ketones (excluding diaryl/α,β-unsaturated/α-hetero) is 1. The summed E-state index contributed by atoms with van der Waals surface area (Å²) in [7, 11) is 0. The number of carbonyl (C=O) groups is 2. The summed E-state index contributed by atoms with van der Waals surface area (Å²) in [6.45, 7) is 5.43.